The van der Waals surface area contributed by atoms with Crippen molar-refractivity contribution in [2.75, 3.05) is 0 Å². The lowest BCUT2D eigenvalue weighted by atomic mass is 13.0. The highest BCUT2D eigenvalue weighted by atomic mass is 16.6. The monoisotopic (exact) mass is 112 g/mol. The van der Waals surface area contributed by atoms with E-state index in [4.69, 9.17) is 15.3 Å². The van der Waals surface area contributed by atoms with Crippen LogP contribution >= 0.6 is 0 Å². The van der Waals surface area contributed by atoms with Gasteiger partial charge in [0.2, 0.25) is 0 Å². The maximum absolute atomic E-state index is 8.11. The van der Waals surface area contributed by atoms with Crippen LogP contribution in [0.15, 0.2) is 5.34 Å². The largest absolute Gasteiger partial charge is 0.379 e. The SMILES string of the molecule is NN.NO.O=NO. The van der Waals surface area contributed by atoms with Gasteiger partial charge in [-0.1, -0.05) is 0 Å². The summed E-state index contributed by atoms with van der Waals surface area (Å²) in [7, 11) is 0. The molecule has 7 heteroatoms. The van der Waals surface area contributed by atoms with E-state index in [2.05, 4.69) is 17.6 Å². The van der Waals surface area contributed by atoms with Crippen molar-refractivity contribution in [1.82, 2.24) is 0 Å². The first-order chi connectivity index (χ1) is 3.41. The van der Waals surface area contributed by atoms with Gasteiger partial charge in [0.25, 0.3) is 0 Å². The van der Waals surface area contributed by atoms with Crippen LogP contribution in [-0.4, -0.2) is 10.4 Å². The van der Waals surface area contributed by atoms with E-state index in [1.165, 1.54) is 5.34 Å². The molecule has 0 aromatic rings. The molecule has 0 aromatic carbocycles. The minimum atomic E-state index is 1.25. The Bertz CT molecular complexity index is 14.4. The molecule has 8 N–H and O–H groups in total. The van der Waals surface area contributed by atoms with Crippen LogP contribution in [0.4, 0.5) is 0 Å². The van der Waals surface area contributed by atoms with Crippen molar-refractivity contribution < 1.29 is 10.4 Å². The van der Waals surface area contributed by atoms with Crippen LogP contribution < -0.4 is 17.6 Å². The summed E-state index contributed by atoms with van der Waals surface area (Å²) in [5.41, 5.74) is 0. The topological polar surface area (TPSA) is 148 Å². The van der Waals surface area contributed by atoms with Gasteiger partial charge in [0.1, 0.15) is 0 Å². The fourth-order valence-corrected chi connectivity index (χ4v) is 0. The molecule has 0 spiro atoms. The zero-order chi connectivity index (χ0) is 6.71. The zero-order valence-electron chi connectivity index (χ0n) is 3.48. The summed E-state index contributed by atoms with van der Waals surface area (Å²) < 4.78 is 0. The Morgan fingerprint density at radius 3 is 1.29 bits per heavy atom. The Morgan fingerprint density at radius 1 is 1.29 bits per heavy atom. The highest BCUT2D eigenvalue weighted by Gasteiger charge is 1.18. The van der Waals surface area contributed by atoms with Crippen LogP contribution in [0.5, 0.6) is 0 Å². The number of rotatable bonds is 0. The average Bonchev–Trinajstić information content (AvgIpc) is 1.78. The van der Waals surface area contributed by atoms with E-state index in [9.17, 15) is 0 Å². The van der Waals surface area contributed by atoms with E-state index in [1.54, 1.807) is 0 Å². The summed E-state index contributed by atoms with van der Waals surface area (Å²) in [5, 5.41) is 14.4. The van der Waals surface area contributed by atoms with Gasteiger partial charge in [0.15, 0.2) is 5.34 Å². The smallest absolute Gasteiger partial charge is 0.152 e. The molecular weight excluding hydrogens is 104 g/mol. The van der Waals surface area contributed by atoms with Crippen LogP contribution in [0.3, 0.4) is 0 Å². The third kappa shape index (κ3) is 95.2. The van der Waals surface area contributed by atoms with Gasteiger partial charge in [-0.05, 0) is 0 Å². The van der Waals surface area contributed by atoms with E-state index in [-0.39, 0.29) is 0 Å². The number of nitrogens with two attached hydrogens (primary N) is 3. The van der Waals surface area contributed by atoms with E-state index in [0.717, 1.165) is 0 Å². The summed E-state index contributed by atoms with van der Waals surface area (Å²) in [6, 6.07) is 0. The summed E-state index contributed by atoms with van der Waals surface area (Å²) in [4.78, 5) is 8.11. The van der Waals surface area contributed by atoms with E-state index >= 15 is 0 Å². The number of hydrogen-bond acceptors (Lipinski definition) is 6. The molecule has 0 bridgehead atoms. The molecule has 0 radical (unpaired) electrons. The molecule has 0 unspecified atom stereocenters. The molecule has 0 rings (SSSR count). The molecule has 0 saturated carbocycles. The molecule has 0 fully saturated rings. The van der Waals surface area contributed by atoms with Crippen molar-refractivity contribution in [3.63, 3.8) is 0 Å². The highest BCUT2D eigenvalue weighted by molar-refractivity contribution is 3.83. The van der Waals surface area contributed by atoms with E-state index < -0.39 is 0 Å². The molecular formula is H8N4O3. The standard InChI is InChI=1S/H4N2.HNO2.H3NO/c1-2;2-1-3;1-2/h1-2H2;(H,2,3);2H,1H2. The quantitative estimate of drug-likeness (QED) is 0.143. The van der Waals surface area contributed by atoms with Gasteiger partial charge < -0.3 is 10.4 Å². The van der Waals surface area contributed by atoms with Crippen LogP contribution in [0.1, 0.15) is 0 Å². The van der Waals surface area contributed by atoms with Gasteiger partial charge in [-0.25, -0.2) is 5.90 Å². The van der Waals surface area contributed by atoms with Crippen LogP contribution in [0.25, 0.3) is 0 Å². The normalized spacial score (nSPS) is 3.43. The van der Waals surface area contributed by atoms with Gasteiger partial charge >= 0.3 is 0 Å². The molecule has 0 atom stereocenters. The fourth-order valence-electron chi connectivity index (χ4n) is 0. The molecule has 0 aliphatic carbocycles. The second-order valence-electron chi connectivity index (χ2n) is 0.0816. The third-order valence-electron chi connectivity index (χ3n) is 0. The molecule has 0 aliphatic rings. The third-order valence-corrected chi connectivity index (χ3v) is 0. The Hall–Kier alpha value is -0.760. The van der Waals surface area contributed by atoms with Crippen LogP contribution in [0, 0.1) is 4.91 Å². The van der Waals surface area contributed by atoms with Crippen molar-refractivity contribution >= 4 is 0 Å². The summed E-state index contributed by atoms with van der Waals surface area (Å²) in [6.07, 6.45) is 0. The predicted octanol–water partition coefficient (Wildman–Crippen LogP) is -1.70. The Kier molecular flexibility index (Phi) is 3810. The lowest BCUT2D eigenvalue weighted by Crippen LogP contribution is -2.02. The predicted molar refractivity (Wildman–Crippen MR) is 21.9 cm³/mol. The second-order valence-corrected chi connectivity index (χ2v) is 0.0816. The summed E-state index contributed by atoms with van der Waals surface area (Å²) in [5.74, 6) is 11.5. The molecule has 0 amide bonds. The van der Waals surface area contributed by atoms with Gasteiger partial charge in [-0.2, -0.15) is 0 Å². The Balaban J connectivity index is -0.0000000360. The average molecular weight is 112 g/mol. The van der Waals surface area contributed by atoms with Crippen molar-refractivity contribution in [3.8, 4) is 0 Å². The van der Waals surface area contributed by atoms with Crippen molar-refractivity contribution in [3.05, 3.63) is 4.91 Å². The summed E-state index contributed by atoms with van der Waals surface area (Å²) in [6.45, 7) is 0. The first kappa shape index (κ1) is 16.3. The van der Waals surface area contributed by atoms with Crippen LogP contribution in [-0.2, 0) is 0 Å². The van der Waals surface area contributed by atoms with Gasteiger partial charge in [0, 0.05) is 0 Å². The van der Waals surface area contributed by atoms with Crippen molar-refractivity contribution in [2.24, 2.45) is 22.9 Å². The molecule has 0 heterocycles. The molecule has 0 aromatic heterocycles. The van der Waals surface area contributed by atoms with Gasteiger partial charge in [0.05, 0.1) is 0 Å². The molecule has 0 aliphatic heterocycles. The van der Waals surface area contributed by atoms with Crippen molar-refractivity contribution in [2.45, 2.75) is 0 Å². The van der Waals surface area contributed by atoms with E-state index in [1.807, 2.05) is 0 Å². The number of hydrazine groups is 1. The molecule has 46 valence electrons. The molecule has 7 nitrogen and oxygen atoms in total. The maximum atomic E-state index is 8.11. The molecule has 7 heavy (non-hydrogen) atoms. The van der Waals surface area contributed by atoms with Gasteiger partial charge in [-0.15, -0.1) is 4.91 Å². The summed E-state index contributed by atoms with van der Waals surface area (Å²) >= 11 is 0. The Labute approximate surface area is 39.6 Å². The Morgan fingerprint density at radius 2 is 1.29 bits per heavy atom. The second kappa shape index (κ2) is 1640. The highest BCUT2D eigenvalue weighted by Crippen LogP contribution is 1.25. The van der Waals surface area contributed by atoms with Crippen molar-refractivity contribution in [1.29, 1.82) is 0 Å². The van der Waals surface area contributed by atoms with Gasteiger partial charge in [-0.3, -0.25) is 11.7 Å². The zero-order valence-corrected chi connectivity index (χ0v) is 3.48. The maximum Gasteiger partial charge on any atom is 0.152 e. The minimum Gasteiger partial charge on any atom is -0.379 e. The fraction of sp³-hybridized carbons (Fsp3) is 0. The number of nitrogens with zero attached hydrogens (tertiary/aromatic N) is 1. The number of hydrogen-bond donors (Lipinski definition) is 5. The van der Waals surface area contributed by atoms with E-state index in [0.29, 0.717) is 0 Å². The minimum absolute atomic E-state index is 1.25. The van der Waals surface area contributed by atoms with Crippen LogP contribution in [0.2, 0.25) is 0 Å². The lowest BCUT2D eigenvalue weighted by Gasteiger charge is -1.32. The molecule has 0 saturated heterocycles. The lowest BCUT2D eigenvalue weighted by molar-refractivity contribution is 0.311. The first-order valence-electron chi connectivity index (χ1n) is 0.974. The first-order valence-corrected chi connectivity index (χ1v) is 0.974.